The topological polar surface area (TPSA) is 122 Å². The summed E-state index contributed by atoms with van der Waals surface area (Å²) in [5, 5.41) is 5.93. The van der Waals surface area contributed by atoms with Crippen molar-refractivity contribution < 1.29 is 27.5 Å². The van der Waals surface area contributed by atoms with Crippen LogP contribution in [0.15, 0.2) is 47.4 Å². The van der Waals surface area contributed by atoms with Gasteiger partial charge in [-0.15, -0.1) is 0 Å². The molecule has 2 N–H and O–H groups in total. The van der Waals surface area contributed by atoms with Gasteiger partial charge >= 0.3 is 6.03 Å². The zero-order chi connectivity index (χ0) is 25.8. The maximum Gasteiger partial charge on any atom is 0.325 e. The monoisotopic (exact) mass is 521 g/mol. The number of rotatable bonds is 7. The first kappa shape index (κ1) is 26.5. The number of methoxy groups -OCH3 is 1. The second-order valence-corrected chi connectivity index (χ2v) is 10.8. The molecule has 3 rings (SSSR count). The van der Waals surface area contributed by atoms with Crippen LogP contribution in [0, 0.1) is 5.92 Å². The Bertz CT molecular complexity index is 1230. The van der Waals surface area contributed by atoms with E-state index in [4.69, 9.17) is 16.3 Å². The van der Waals surface area contributed by atoms with Gasteiger partial charge in [-0.2, -0.15) is 0 Å². The fourth-order valence-electron chi connectivity index (χ4n) is 3.94. The minimum absolute atomic E-state index is 0.0602. The SMILES string of the molecule is CCC(NC(=O)N1CC(=O)NCC(Cc2cc(Cl)ccc2OC)C1=O)c1cccc(S(C)(=O)=O)c1. The molecule has 1 aliphatic heterocycles. The first-order valence-electron chi connectivity index (χ1n) is 11.0. The predicted molar refractivity (Wildman–Crippen MR) is 131 cm³/mol. The van der Waals surface area contributed by atoms with Crippen LogP contribution in [-0.4, -0.2) is 57.6 Å². The van der Waals surface area contributed by atoms with E-state index >= 15 is 0 Å². The quantitative estimate of drug-likeness (QED) is 0.577. The molecule has 0 spiro atoms. The van der Waals surface area contributed by atoms with Crippen molar-refractivity contribution in [2.45, 2.75) is 30.7 Å². The number of urea groups is 1. The number of carbonyl (C=O) groups is 3. The van der Waals surface area contributed by atoms with Crippen LogP contribution in [0.2, 0.25) is 5.02 Å². The molecule has 4 amide bonds. The first-order chi connectivity index (χ1) is 16.5. The summed E-state index contributed by atoms with van der Waals surface area (Å²) >= 11 is 6.11. The number of nitrogens with one attached hydrogen (secondary N) is 2. The number of hydrogen-bond donors (Lipinski definition) is 2. The minimum Gasteiger partial charge on any atom is -0.496 e. The molecule has 1 saturated heterocycles. The number of hydrogen-bond acceptors (Lipinski definition) is 6. The van der Waals surface area contributed by atoms with Gasteiger partial charge < -0.3 is 15.4 Å². The van der Waals surface area contributed by atoms with E-state index in [1.165, 1.54) is 19.2 Å². The molecule has 188 valence electrons. The van der Waals surface area contributed by atoms with Gasteiger partial charge in [0.1, 0.15) is 12.3 Å². The van der Waals surface area contributed by atoms with Crippen molar-refractivity contribution in [2.24, 2.45) is 5.92 Å². The lowest BCUT2D eigenvalue weighted by Crippen LogP contribution is -2.48. The summed E-state index contributed by atoms with van der Waals surface area (Å²) < 4.78 is 29.2. The molecular weight excluding hydrogens is 494 g/mol. The summed E-state index contributed by atoms with van der Waals surface area (Å²) in [4.78, 5) is 39.8. The van der Waals surface area contributed by atoms with Gasteiger partial charge in [-0.1, -0.05) is 30.7 Å². The summed E-state index contributed by atoms with van der Waals surface area (Å²) in [5.74, 6) is -1.14. The molecule has 0 bridgehead atoms. The summed E-state index contributed by atoms with van der Waals surface area (Å²) in [6.07, 6.45) is 1.76. The molecule has 2 aromatic rings. The van der Waals surface area contributed by atoms with Gasteiger partial charge in [0.25, 0.3) is 0 Å². The highest BCUT2D eigenvalue weighted by Crippen LogP contribution is 2.27. The van der Waals surface area contributed by atoms with E-state index < -0.39 is 46.2 Å². The summed E-state index contributed by atoms with van der Waals surface area (Å²) in [7, 11) is -1.93. The van der Waals surface area contributed by atoms with E-state index in [-0.39, 0.29) is 17.9 Å². The van der Waals surface area contributed by atoms with E-state index in [0.29, 0.717) is 28.3 Å². The second-order valence-electron chi connectivity index (χ2n) is 8.34. The number of ether oxygens (including phenoxy) is 1. The highest BCUT2D eigenvalue weighted by Gasteiger charge is 2.35. The van der Waals surface area contributed by atoms with Gasteiger partial charge in [0.05, 0.1) is 24.0 Å². The molecule has 2 atom stereocenters. The molecular formula is C24H28ClN3O6S. The number of carbonyl (C=O) groups excluding carboxylic acids is 3. The largest absolute Gasteiger partial charge is 0.496 e. The molecule has 0 aliphatic carbocycles. The average molecular weight is 522 g/mol. The van der Waals surface area contributed by atoms with Crippen molar-refractivity contribution in [2.75, 3.05) is 26.5 Å². The fourth-order valence-corrected chi connectivity index (χ4v) is 4.81. The van der Waals surface area contributed by atoms with Crippen molar-refractivity contribution >= 4 is 39.3 Å². The Labute approximate surface area is 209 Å². The highest BCUT2D eigenvalue weighted by atomic mass is 35.5. The molecule has 11 heteroatoms. The Kier molecular flexibility index (Phi) is 8.39. The lowest BCUT2D eigenvalue weighted by molar-refractivity contribution is -0.133. The molecule has 0 saturated carbocycles. The van der Waals surface area contributed by atoms with Crippen LogP contribution >= 0.6 is 11.6 Å². The molecule has 2 unspecified atom stereocenters. The zero-order valence-corrected chi connectivity index (χ0v) is 21.3. The Morgan fingerprint density at radius 3 is 2.66 bits per heavy atom. The van der Waals surface area contributed by atoms with Crippen molar-refractivity contribution in [3.63, 3.8) is 0 Å². The molecule has 1 fully saturated rings. The number of imide groups is 1. The van der Waals surface area contributed by atoms with Gasteiger partial charge in [-0.25, -0.2) is 13.2 Å². The van der Waals surface area contributed by atoms with Crippen LogP contribution in [0.5, 0.6) is 5.75 Å². The maximum atomic E-state index is 13.3. The second kappa shape index (κ2) is 11.1. The average Bonchev–Trinajstić information content (AvgIpc) is 2.95. The Hall–Kier alpha value is -3.11. The third-order valence-electron chi connectivity index (χ3n) is 5.81. The Morgan fingerprint density at radius 2 is 2.00 bits per heavy atom. The number of amides is 4. The molecule has 35 heavy (non-hydrogen) atoms. The van der Waals surface area contributed by atoms with Crippen molar-refractivity contribution in [3.8, 4) is 5.75 Å². The van der Waals surface area contributed by atoms with E-state index in [0.717, 1.165) is 11.2 Å². The lowest BCUT2D eigenvalue weighted by atomic mass is 9.97. The first-order valence-corrected chi connectivity index (χ1v) is 13.3. The summed E-state index contributed by atoms with van der Waals surface area (Å²) in [6.45, 7) is 1.46. The van der Waals surface area contributed by atoms with Gasteiger partial charge in [0, 0.05) is 17.8 Å². The normalized spacial score (nSPS) is 17.4. The number of nitrogens with zero attached hydrogens (tertiary/aromatic N) is 1. The summed E-state index contributed by atoms with van der Waals surface area (Å²) in [5.41, 5.74) is 1.26. The molecule has 1 aliphatic rings. The van der Waals surface area contributed by atoms with Crippen LogP contribution in [0.3, 0.4) is 0 Å². The van der Waals surface area contributed by atoms with Crippen LogP contribution in [0.25, 0.3) is 0 Å². The Morgan fingerprint density at radius 1 is 1.26 bits per heavy atom. The van der Waals surface area contributed by atoms with E-state index in [1.807, 2.05) is 6.92 Å². The number of benzene rings is 2. The van der Waals surface area contributed by atoms with E-state index in [2.05, 4.69) is 10.6 Å². The molecule has 1 heterocycles. The molecule has 0 radical (unpaired) electrons. The van der Waals surface area contributed by atoms with E-state index in [1.54, 1.807) is 30.3 Å². The van der Waals surface area contributed by atoms with Crippen LogP contribution in [0.4, 0.5) is 4.79 Å². The van der Waals surface area contributed by atoms with Crippen molar-refractivity contribution in [1.29, 1.82) is 0 Å². The Balaban J connectivity index is 1.83. The van der Waals surface area contributed by atoms with E-state index in [9.17, 15) is 22.8 Å². The molecule has 0 aromatic heterocycles. The maximum absolute atomic E-state index is 13.3. The minimum atomic E-state index is -3.43. The standard InChI is InChI=1S/C24H28ClN3O6S/c1-4-20(15-6-5-7-19(12-15)35(3,32)33)27-24(31)28-14-22(29)26-13-17(23(28)30)10-16-11-18(25)8-9-21(16)34-2/h5-9,11-12,17,20H,4,10,13-14H2,1-3H3,(H,26,29)(H,27,31). The zero-order valence-electron chi connectivity index (χ0n) is 19.7. The van der Waals surface area contributed by atoms with Crippen LogP contribution < -0.4 is 15.4 Å². The summed E-state index contributed by atoms with van der Waals surface area (Å²) in [6, 6.07) is 10.0. The van der Waals surface area contributed by atoms with Crippen LogP contribution in [0.1, 0.15) is 30.5 Å². The van der Waals surface area contributed by atoms with Crippen molar-refractivity contribution in [1.82, 2.24) is 15.5 Å². The molecule has 2 aromatic carbocycles. The number of sulfone groups is 1. The smallest absolute Gasteiger partial charge is 0.325 e. The van der Waals surface area contributed by atoms with Crippen LogP contribution in [-0.2, 0) is 25.8 Å². The third kappa shape index (κ3) is 6.52. The highest BCUT2D eigenvalue weighted by molar-refractivity contribution is 7.90. The van der Waals surface area contributed by atoms with Gasteiger partial charge in [-0.05, 0) is 54.3 Å². The molecule has 9 nitrogen and oxygen atoms in total. The van der Waals surface area contributed by atoms with Crippen molar-refractivity contribution in [3.05, 3.63) is 58.6 Å². The number of halogens is 1. The van der Waals surface area contributed by atoms with Gasteiger partial charge in [0.15, 0.2) is 9.84 Å². The predicted octanol–water partition coefficient (Wildman–Crippen LogP) is 2.73. The lowest BCUT2D eigenvalue weighted by Gasteiger charge is -2.25. The van der Waals surface area contributed by atoms with Gasteiger partial charge in [0.2, 0.25) is 11.8 Å². The van der Waals surface area contributed by atoms with Gasteiger partial charge in [-0.3, -0.25) is 14.5 Å². The fraction of sp³-hybridized carbons (Fsp3) is 0.375. The third-order valence-corrected chi connectivity index (χ3v) is 7.16.